The van der Waals surface area contributed by atoms with Crippen LogP contribution in [0.1, 0.15) is 88.1 Å². The highest BCUT2D eigenvalue weighted by Gasteiger charge is 2.45. The number of fused-ring (bicyclic) bond motifs is 3. The second kappa shape index (κ2) is 23.6. The van der Waals surface area contributed by atoms with Gasteiger partial charge in [0.25, 0.3) is 0 Å². The number of hydrogen-bond acceptors (Lipinski definition) is 12. The van der Waals surface area contributed by atoms with E-state index in [1.54, 1.807) is 37.6 Å². The molecule has 390 valence electrons. The van der Waals surface area contributed by atoms with E-state index in [1.807, 2.05) is 67.3 Å². The number of aliphatic hydroxyl groups excluding tert-OH is 1. The lowest BCUT2D eigenvalue weighted by molar-refractivity contribution is -0.144. The van der Waals surface area contributed by atoms with E-state index in [1.165, 1.54) is 18.7 Å². The van der Waals surface area contributed by atoms with Crippen molar-refractivity contribution in [3.8, 4) is 16.2 Å². The van der Waals surface area contributed by atoms with Gasteiger partial charge in [-0.3, -0.25) is 19.3 Å². The van der Waals surface area contributed by atoms with Gasteiger partial charge in [0, 0.05) is 66.4 Å². The summed E-state index contributed by atoms with van der Waals surface area (Å²) in [6.07, 6.45) is -0.314. The number of amides is 3. The molecule has 15 nitrogen and oxygen atoms in total. The summed E-state index contributed by atoms with van der Waals surface area (Å²) in [7, 11) is 0. The first-order valence-corrected chi connectivity index (χ1v) is 25.3. The Morgan fingerprint density at radius 3 is 2.22 bits per heavy atom. The van der Waals surface area contributed by atoms with Crippen LogP contribution in [-0.2, 0) is 35.0 Å². The van der Waals surface area contributed by atoms with Gasteiger partial charge in [0.05, 0.1) is 67.3 Å². The molecule has 19 heteroatoms. The molecule has 0 bridgehead atoms. The Labute approximate surface area is 422 Å². The Bertz CT molecular complexity index is 2630. The first-order chi connectivity index (χ1) is 34.2. The minimum Gasteiger partial charge on any atom is -0.491 e. The average molecular weight is 1020 g/mol. The molecule has 4 heterocycles. The van der Waals surface area contributed by atoms with Gasteiger partial charge < -0.3 is 50.3 Å². The Kier molecular flexibility index (Phi) is 17.8. The zero-order valence-electron chi connectivity index (χ0n) is 42.1. The number of halogens is 3. The number of nitrogens with one attached hydrogen (secondary N) is 3. The molecule has 6 atom stereocenters. The highest BCUT2D eigenvalue weighted by Crippen LogP contribution is 2.44. The van der Waals surface area contributed by atoms with Crippen LogP contribution in [0.2, 0.25) is 0 Å². The number of aliphatic hydroxyl groups is 1. The van der Waals surface area contributed by atoms with E-state index in [0.717, 1.165) is 50.3 Å². The van der Waals surface area contributed by atoms with Crippen LogP contribution in [0.4, 0.5) is 13.2 Å². The minimum absolute atomic E-state index is 0.00825. The van der Waals surface area contributed by atoms with E-state index >= 15 is 13.2 Å². The number of aromatic amines is 1. The number of ether oxygens (including phenoxy) is 4. The van der Waals surface area contributed by atoms with E-state index in [2.05, 4.69) is 20.6 Å². The zero-order valence-corrected chi connectivity index (χ0v) is 42.9. The van der Waals surface area contributed by atoms with Gasteiger partial charge in [-0.1, -0.05) is 63.2 Å². The molecule has 0 unspecified atom stereocenters. The van der Waals surface area contributed by atoms with Crippen molar-refractivity contribution in [2.75, 3.05) is 65.9 Å². The molecule has 0 aliphatic carbocycles. The minimum atomic E-state index is -1.62. The Balaban J connectivity index is 0.821. The number of H-pyrrole nitrogens is 1. The number of hydrogen-bond donors (Lipinski definition) is 5. The monoisotopic (exact) mass is 1020 g/mol. The topological polar surface area (TPSA) is 194 Å². The summed E-state index contributed by atoms with van der Waals surface area (Å²) in [5.74, 6) is -3.12. The molecule has 3 aromatic carbocycles. The van der Waals surface area contributed by atoms with Crippen LogP contribution < -0.4 is 21.1 Å². The molecule has 0 radical (unpaired) electrons. The highest BCUT2D eigenvalue weighted by molar-refractivity contribution is 7.13. The predicted octanol–water partition coefficient (Wildman–Crippen LogP) is 6.70. The number of aryl methyl sites for hydroxylation is 1. The maximum Gasteiger partial charge on any atom is 0.246 e. The van der Waals surface area contributed by atoms with Crippen molar-refractivity contribution in [1.82, 2.24) is 30.4 Å². The van der Waals surface area contributed by atoms with Crippen LogP contribution in [0.5, 0.6) is 5.75 Å². The molecule has 72 heavy (non-hydrogen) atoms. The highest BCUT2D eigenvalue weighted by atomic mass is 32.1. The van der Waals surface area contributed by atoms with Gasteiger partial charge in [-0.2, -0.15) is 0 Å². The SMILES string of the molecule is Cc1ncsc1-c1ccc([C@@H](CN)NC(=O)[C@@H]2C[C@@H](O)CN2C(=O)[C@@H](NC(=O)COCCOCCOCCOc2cc(F)c([C@@H]3c4[nH]c5ccccc5c4C[C@@H](C)N3CC(C)(C)F)c(F)c2)C(C)(C)C)cc1. The van der Waals surface area contributed by atoms with Crippen molar-refractivity contribution in [3.05, 3.63) is 106 Å². The number of likely N-dealkylation sites (tertiary alicyclic amines) is 1. The number of rotatable bonds is 22. The molecule has 0 spiro atoms. The number of carbonyl (C=O) groups excluding carboxylic acids is 3. The van der Waals surface area contributed by atoms with E-state index in [-0.39, 0.29) is 89.7 Å². The third-order valence-corrected chi connectivity index (χ3v) is 14.0. The molecule has 0 saturated carbocycles. The lowest BCUT2D eigenvalue weighted by atomic mass is 9.85. The maximum absolute atomic E-state index is 16.0. The Hall–Kier alpha value is -5.41. The molecule has 7 rings (SSSR count). The molecular weight excluding hydrogens is 952 g/mol. The summed E-state index contributed by atoms with van der Waals surface area (Å²) in [5, 5.41) is 17.4. The van der Waals surface area contributed by atoms with Crippen LogP contribution in [0.25, 0.3) is 21.3 Å². The van der Waals surface area contributed by atoms with Gasteiger partial charge in [-0.25, -0.2) is 18.2 Å². The number of aromatic nitrogens is 2. The molecule has 2 aliphatic heterocycles. The largest absolute Gasteiger partial charge is 0.491 e. The quantitative estimate of drug-likeness (QED) is 0.0464. The maximum atomic E-state index is 16.0. The number of nitrogens with zero attached hydrogens (tertiary/aromatic N) is 3. The van der Waals surface area contributed by atoms with Crippen LogP contribution in [0.15, 0.2) is 66.2 Å². The van der Waals surface area contributed by atoms with Gasteiger partial charge in [-0.05, 0) is 62.3 Å². The van der Waals surface area contributed by atoms with Crippen molar-refractivity contribution >= 4 is 40.0 Å². The summed E-state index contributed by atoms with van der Waals surface area (Å²) >= 11 is 1.54. The number of β-amino-alcohol motifs (C(OH)–C–C–N with tert-alkyl or cyclic N) is 1. The third-order valence-electron chi connectivity index (χ3n) is 13.0. The summed E-state index contributed by atoms with van der Waals surface area (Å²) in [6, 6.07) is 14.0. The first-order valence-electron chi connectivity index (χ1n) is 24.4. The number of para-hydroxylation sites is 1. The van der Waals surface area contributed by atoms with E-state index < -0.39 is 70.7 Å². The van der Waals surface area contributed by atoms with Gasteiger partial charge in [0.15, 0.2) is 0 Å². The van der Waals surface area contributed by atoms with Crippen molar-refractivity contribution < 1.29 is 51.6 Å². The van der Waals surface area contributed by atoms with Crippen molar-refractivity contribution in [2.45, 2.75) is 103 Å². The lowest BCUT2D eigenvalue weighted by Gasteiger charge is -2.43. The van der Waals surface area contributed by atoms with E-state index in [4.69, 9.17) is 24.7 Å². The predicted molar refractivity (Wildman–Crippen MR) is 269 cm³/mol. The number of alkyl halides is 1. The van der Waals surface area contributed by atoms with Gasteiger partial charge in [-0.15, -0.1) is 11.3 Å². The van der Waals surface area contributed by atoms with Gasteiger partial charge in [0.2, 0.25) is 17.7 Å². The second-order valence-corrected chi connectivity index (χ2v) is 21.1. The van der Waals surface area contributed by atoms with Crippen LogP contribution in [0, 0.1) is 24.0 Å². The van der Waals surface area contributed by atoms with Crippen LogP contribution in [0.3, 0.4) is 0 Å². The first kappa shape index (κ1) is 54.4. The fourth-order valence-corrected chi connectivity index (χ4v) is 10.4. The average Bonchev–Trinajstić information content (AvgIpc) is 4.05. The summed E-state index contributed by atoms with van der Waals surface area (Å²) in [5.41, 5.74) is 10.5. The molecule has 5 aromatic rings. The van der Waals surface area contributed by atoms with Crippen LogP contribution in [-0.4, -0.2) is 138 Å². The van der Waals surface area contributed by atoms with Crippen molar-refractivity contribution in [2.24, 2.45) is 11.1 Å². The molecular formula is C53H68F3N7O8S. The number of carbonyl (C=O) groups is 3. The summed E-state index contributed by atoms with van der Waals surface area (Å²) < 4.78 is 69.5. The number of benzene rings is 3. The van der Waals surface area contributed by atoms with Gasteiger partial charge in [0.1, 0.15) is 48.4 Å². The fraction of sp³-hybridized carbons (Fsp3) is 0.509. The van der Waals surface area contributed by atoms with E-state index in [9.17, 15) is 19.5 Å². The van der Waals surface area contributed by atoms with E-state index in [0.29, 0.717) is 12.1 Å². The standard InChI is InChI=1S/C53H68F3N7O8S/c1-31-22-38-37-10-8-9-11-41(37)59-46(38)47(63(31)29-53(6,7)56)45-39(54)24-36(25-40(45)55)71-21-20-69-17-16-68-18-19-70-28-44(65)61-49(52(3,4)5)51(67)62-27-35(64)23-43(62)50(66)60-42(26-57)33-12-14-34(15-13-33)48-32(2)58-30-72-48/h8-15,24-25,30-31,35,42-43,47,49,59,64H,16-23,26-29,57H2,1-7H3,(H,60,66)(H,61,65)/t31-,35-,42-,43+,47-,49-/m1/s1. The molecule has 2 aliphatic rings. The molecule has 6 N–H and O–H groups in total. The Morgan fingerprint density at radius 1 is 0.944 bits per heavy atom. The van der Waals surface area contributed by atoms with Crippen LogP contribution >= 0.6 is 11.3 Å². The normalized spacial score (nSPS) is 19.3. The third kappa shape index (κ3) is 13.2. The summed E-state index contributed by atoms with van der Waals surface area (Å²) in [6.45, 7) is 12.5. The molecule has 2 aromatic heterocycles. The fourth-order valence-electron chi connectivity index (χ4n) is 9.54. The summed E-state index contributed by atoms with van der Waals surface area (Å²) in [4.78, 5) is 52.8. The van der Waals surface area contributed by atoms with Gasteiger partial charge >= 0.3 is 0 Å². The number of thiazole rings is 1. The Morgan fingerprint density at radius 2 is 1.60 bits per heavy atom. The molecule has 1 fully saturated rings. The number of nitrogens with two attached hydrogens (primary N) is 1. The zero-order chi connectivity index (χ0) is 51.9. The van der Waals surface area contributed by atoms with Crippen molar-refractivity contribution in [1.29, 1.82) is 0 Å². The second-order valence-electron chi connectivity index (χ2n) is 20.3. The molecule has 1 saturated heterocycles. The molecule has 3 amide bonds. The van der Waals surface area contributed by atoms with Crippen molar-refractivity contribution in [3.63, 3.8) is 0 Å². The smallest absolute Gasteiger partial charge is 0.246 e. The lowest BCUT2D eigenvalue weighted by Crippen LogP contribution is -2.58.